The van der Waals surface area contributed by atoms with Gasteiger partial charge in [0.25, 0.3) is 0 Å². The summed E-state index contributed by atoms with van der Waals surface area (Å²) in [6.07, 6.45) is 0. The molecule has 0 spiro atoms. The fraction of sp³-hybridized carbons (Fsp3) is 0.167. The molecule has 6 heteroatoms. The van der Waals surface area contributed by atoms with Crippen LogP contribution in [0.3, 0.4) is 0 Å². The Kier molecular flexibility index (Phi) is 2.37. The van der Waals surface area contributed by atoms with Crippen molar-refractivity contribution in [1.82, 2.24) is 4.98 Å². The molecule has 0 aromatic carbocycles. The summed E-state index contributed by atoms with van der Waals surface area (Å²) < 4.78 is 13.2. The van der Waals surface area contributed by atoms with Gasteiger partial charge in [-0.2, -0.15) is 4.39 Å². The van der Waals surface area contributed by atoms with Crippen LogP contribution in [-0.4, -0.2) is 9.91 Å². The highest BCUT2D eigenvalue weighted by molar-refractivity contribution is 9.10. The van der Waals surface area contributed by atoms with E-state index in [1.54, 1.807) is 6.92 Å². The van der Waals surface area contributed by atoms with Gasteiger partial charge in [-0.05, 0) is 25.8 Å². The minimum atomic E-state index is -0.933. The van der Waals surface area contributed by atoms with Gasteiger partial charge >= 0.3 is 5.82 Å². The highest BCUT2D eigenvalue weighted by atomic mass is 79.9. The Morgan fingerprint density at radius 1 is 1.75 bits per heavy atom. The third kappa shape index (κ3) is 1.58. The van der Waals surface area contributed by atoms with E-state index in [9.17, 15) is 14.5 Å². The highest BCUT2D eigenvalue weighted by Crippen LogP contribution is 2.21. The molecule has 0 atom stereocenters. The van der Waals surface area contributed by atoms with Crippen molar-refractivity contribution in [3.63, 3.8) is 0 Å². The lowest BCUT2D eigenvalue weighted by molar-refractivity contribution is -0.392. The van der Waals surface area contributed by atoms with Gasteiger partial charge in [-0.3, -0.25) is 0 Å². The van der Waals surface area contributed by atoms with Crippen LogP contribution < -0.4 is 0 Å². The van der Waals surface area contributed by atoms with Crippen LogP contribution in [0.1, 0.15) is 5.69 Å². The fourth-order valence-corrected chi connectivity index (χ4v) is 0.964. The van der Waals surface area contributed by atoms with Crippen LogP contribution in [0.4, 0.5) is 10.2 Å². The minimum absolute atomic E-state index is 0.392. The van der Waals surface area contributed by atoms with Crippen molar-refractivity contribution in [2.75, 3.05) is 0 Å². The first-order chi connectivity index (χ1) is 5.52. The second kappa shape index (κ2) is 3.14. The number of halogens is 2. The van der Waals surface area contributed by atoms with E-state index in [-0.39, 0.29) is 0 Å². The van der Waals surface area contributed by atoms with Crippen molar-refractivity contribution >= 4 is 21.7 Å². The molecule has 1 rings (SSSR count). The number of rotatable bonds is 1. The minimum Gasteiger partial charge on any atom is -0.358 e. The molecule has 0 fully saturated rings. The molecule has 0 aliphatic heterocycles. The van der Waals surface area contributed by atoms with Crippen LogP contribution in [-0.2, 0) is 0 Å². The van der Waals surface area contributed by atoms with E-state index in [1.807, 2.05) is 0 Å². The average molecular weight is 235 g/mol. The van der Waals surface area contributed by atoms with Crippen molar-refractivity contribution < 1.29 is 9.31 Å². The van der Waals surface area contributed by atoms with Gasteiger partial charge in [0, 0.05) is 13.0 Å². The first-order valence-corrected chi connectivity index (χ1v) is 3.78. The lowest BCUT2D eigenvalue weighted by atomic mass is 10.3. The summed E-state index contributed by atoms with van der Waals surface area (Å²) in [5, 5.41) is 10.2. The predicted octanol–water partition coefficient (Wildman–Crippen LogP) is 2.20. The molecule has 4 nitrogen and oxygen atoms in total. The molecule has 0 saturated carbocycles. The molecule has 1 aromatic heterocycles. The topological polar surface area (TPSA) is 56.0 Å². The van der Waals surface area contributed by atoms with E-state index in [1.165, 1.54) is 0 Å². The lowest BCUT2D eigenvalue weighted by Crippen LogP contribution is -1.98. The summed E-state index contributed by atoms with van der Waals surface area (Å²) in [4.78, 5) is 12.8. The van der Waals surface area contributed by atoms with Gasteiger partial charge in [0.1, 0.15) is 0 Å². The first-order valence-electron chi connectivity index (χ1n) is 2.99. The maximum atomic E-state index is 12.7. The molecule has 0 bridgehead atoms. The third-order valence-electron chi connectivity index (χ3n) is 1.26. The zero-order valence-electron chi connectivity index (χ0n) is 6.04. The fourth-order valence-electron chi connectivity index (χ4n) is 0.674. The standard InChI is InChI=1S/C6H4BrFN2O2/c1-3-4(7)2-5(8)6(9-3)10(11)12/h2H,1H3. The largest absolute Gasteiger partial charge is 0.400 e. The smallest absolute Gasteiger partial charge is 0.358 e. The van der Waals surface area contributed by atoms with E-state index < -0.39 is 16.6 Å². The van der Waals surface area contributed by atoms with Crippen molar-refractivity contribution in [3.05, 3.63) is 32.2 Å². The van der Waals surface area contributed by atoms with E-state index >= 15 is 0 Å². The summed E-state index contributed by atoms with van der Waals surface area (Å²) in [5.74, 6) is -1.67. The molecular weight excluding hydrogens is 231 g/mol. The number of nitrogens with zero attached hydrogens (tertiary/aromatic N) is 2. The van der Waals surface area contributed by atoms with Crippen molar-refractivity contribution in [2.24, 2.45) is 0 Å². The van der Waals surface area contributed by atoms with Crippen molar-refractivity contribution in [2.45, 2.75) is 6.92 Å². The highest BCUT2D eigenvalue weighted by Gasteiger charge is 2.18. The van der Waals surface area contributed by atoms with Gasteiger partial charge < -0.3 is 10.1 Å². The summed E-state index contributed by atoms with van der Waals surface area (Å²) >= 11 is 3.00. The number of nitro groups is 1. The number of hydrogen-bond acceptors (Lipinski definition) is 3. The first kappa shape index (κ1) is 9.05. The van der Waals surface area contributed by atoms with E-state index in [4.69, 9.17) is 0 Å². The third-order valence-corrected chi connectivity index (χ3v) is 2.06. The summed E-state index contributed by atoms with van der Waals surface area (Å²) in [6, 6.07) is 1.03. The summed E-state index contributed by atoms with van der Waals surface area (Å²) in [7, 11) is 0. The number of pyridine rings is 1. The van der Waals surface area contributed by atoms with Gasteiger partial charge in [-0.15, -0.1) is 0 Å². The Morgan fingerprint density at radius 3 is 2.83 bits per heavy atom. The van der Waals surface area contributed by atoms with Crippen LogP contribution >= 0.6 is 15.9 Å². The number of aromatic nitrogens is 1. The van der Waals surface area contributed by atoms with Gasteiger partial charge in [0.05, 0.1) is 4.47 Å². The maximum absolute atomic E-state index is 12.7. The number of hydrogen-bond donors (Lipinski definition) is 0. The maximum Gasteiger partial charge on any atom is 0.400 e. The molecule has 1 heterocycles. The van der Waals surface area contributed by atoms with Crippen LogP contribution in [0.2, 0.25) is 0 Å². The molecule has 0 aliphatic rings. The summed E-state index contributed by atoms with van der Waals surface area (Å²) in [5.41, 5.74) is 0.392. The molecule has 0 amide bonds. The predicted molar refractivity (Wildman–Crippen MR) is 43.3 cm³/mol. The second-order valence-corrected chi connectivity index (χ2v) is 2.97. The molecule has 0 saturated heterocycles. The second-order valence-electron chi connectivity index (χ2n) is 2.12. The molecule has 1 aromatic rings. The Bertz CT molecular complexity index is 343. The lowest BCUT2D eigenvalue weighted by Gasteiger charge is -1.95. The molecule has 64 valence electrons. The Hall–Kier alpha value is -1.04. The molecule has 0 aliphatic carbocycles. The molecular formula is C6H4BrFN2O2. The molecule has 12 heavy (non-hydrogen) atoms. The van der Waals surface area contributed by atoms with Gasteiger partial charge in [-0.1, -0.05) is 0 Å². The SMILES string of the molecule is Cc1nc([N+](=O)[O-])c(F)cc1Br. The van der Waals surface area contributed by atoms with Gasteiger partial charge in [0.2, 0.25) is 5.82 Å². The Labute approximate surface area is 75.7 Å². The van der Waals surface area contributed by atoms with E-state index in [0.717, 1.165) is 6.07 Å². The van der Waals surface area contributed by atoms with Crippen molar-refractivity contribution in [3.8, 4) is 0 Å². The molecule has 0 N–H and O–H groups in total. The van der Waals surface area contributed by atoms with Gasteiger partial charge in [0.15, 0.2) is 5.69 Å². The van der Waals surface area contributed by atoms with E-state index in [0.29, 0.717) is 10.2 Å². The van der Waals surface area contributed by atoms with Crippen LogP contribution in [0.5, 0.6) is 0 Å². The van der Waals surface area contributed by atoms with Crippen LogP contribution in [0.25, 0.3) is 0 Å². The summed E-state index contributed by atoms with van der Waals surface area (Å²) in [6.45, 7) is 1.55. The number of aryl methyl sites for hydroxylation is 1. The average Bonchev–Trinajstić information content (AvgIpc) is 1.96. The zero-order chi connectivity index (χ0) is 9.30. The monoisotopic (exact) mass is 234 g/mol. The van der Waals surface area contributed by atoms with Crippen molar-refractivity contribution in [1.29, 1.82) is 0 Å². The van der Waals surface area contributed by atoms with Crippen LogP contribution in [0, 0.1) is 22.9 Å². The van der Waals surface area contributed by atoms with Gasteiger partial charge in [-0.25, -0.2) is 0 Å². The molecule has 0 unspecified atom stereocenters. The van der Waals surface area contributed by atoms with E-state index in [2.05, 4.69) is 20.9 Å². The van der Waals surface area contributed by atoms with Crippen LogP contribution in [0.15, 0.2) is 10.5 Å². The molecule has 0 radical (unpaired) electrons. The normalized spacial score (nSPS) is 9.92. The quantitative estimate of drug-likeness (QED) is 0.553. The Balaban J connectivity index is 3.33. The zero-order valence-corrected chi connectivity index (χ0v) is 7.63. The Morgan fingerprint density at radius 2 is 2.33 bits per heavy atom.